The number of benzene rings is 1. The normalized spacial score (nSPS) is 41.2. The number of methoxy groups -OCH3 is 1. The van der Waals surface area contributed by atoms with Crippen molar-refractivity contribution in [3.05, 3.63) is 35.4 Å². The molecule has 248 valence electrons. The van der Waals surface area contributed by atoms with Crippen LogP contribution in [0, 0.1) is 52.3 Å². The summed E-state index contributed by atoms with van der Waals surface area (Å²) >= 11 is 0. The van der Waals surface area contributed by atoms with Crippen LogP contribution in [-0.4, -0.2) is 46.7 Å². The van der Waals surface area contributed by atoms with Gasteiger partial charge in [-0.2, -0.15) is 0 Å². The number of hydrogen-bond acceptors (Lipinski definition) is 5. The molecule has 5 nitrogen and oxygen atoms in total. The zero-order chi connectivity index (χ0) is 32.5. The molecule has 0 unspecified atom stereocenters. The molecule has 0 saturated heterocycles. The van der Waals surface area contributed by atoms with Crippen LogP contribution < -0.4 is 0 Å². The van der Waals surface area contributed by atoms with Crippen molar-refractivity contribution in [1.82, 2.24) is 0 Å². The van der Waals surface area contributed by atoms with Gasteiger partial charge in [-0.1, -0.05) is 52.8 Å². The van der Waals surface area contributed by atoms with E-state index in [0.29, 0.717) is 17.4 Å². The predicted octanol–water partition coefficient (Wildman–Crippen LogP) is 8.52. The molecular formula is C39H62O5. The number of aryl methyl sites for hydroxylation is 1. The minimum atomic E-state index is -0.807. The standard InChI is InChI=1S/C39H62O5/c1-25-14-11-12-15-26(25)33(41)44-31-18-21-36(6)29(35(31,4)5)17-23-37(7)30(36)24-28(40)32-27(16-22-38(32,37)8)39(9,42)20-13-19-34(2,3)43-10/h11-12,14-15,27-32,40,42H,13,16-24H2,1-10H3/t27-,28+,29-,30+,31-,32-,36-,37+,38+,39+/m0/s1. The molecule has 10 atom stereocenters. The van der Waals surface area contributed by atoms with Crippen LogP contribution in [0.25, 0.3) is 0 Å². The van der Waals surface area contributed by atoms with E-state index in [-0.39, 0.29) is 51.2 Å². The van der Waals surface area contributed by atoms with Crippen molar-refractivity contribution in [3.63, 3.8) is 0 Å². The number of aliphatic hydroxyl groups excluding tert-OH is 1. The van der Waals surface area contributed by atoms with Crippen LogP contribution in [0.1, 0.15) is 136 Å². The van der Waals surface area contributed by atoms with Gasteiger partial charge in [-0.05, 0) is 143 Å². The highest BCUT2D eigenvalue weighted by Crippen LogP contribution is 2.76. The van der Waals surface area contributed by atoms with Crippen LogP contribution in [0.2, 0.25) is 0 Å². The maximum absolute atomic E-state index is 13.3. The summed E-state index contributed by atoms with van der Waals surface area (Å²) in [6, 6.07) is 7.71. The van der Waals surface area contributed by atoms with Gasteiger partial charge in [0, 0.05) is 12.5 Å². The highest BCUT2D eigenvalue weighted by Gasteiger charge is 2.71. The number of ether oxygens (including phenoxy) is 2. The monoisotopic (exact) mass is 610 g/mol. The average molecular weight is 611 g/mol. The van der Waals surface area contributed by atoms with Crippen molar-refractivity contribution in [1.29, 1.82) is 0 Å². The third kappa shape index (κ3) is 5.29. The lowest BCUT2D eigenvalue weighted by molar-refractivity contribution is -0.246. The molecule has 44 heavy (non-hydrogen) atoms. The van der Waals surface area contributed by atoms with E-state index in [9.17, 15) is 15.0 Å². The van der Waals surface area contributed by atoms with Gasteiger partial charge in [-0.15, -0.1) is 0 Å². The molecule has 5 heteroatoms. The first-order valence-corrected chi connectivity index (χ1v) is 17.6. The Morgan fingerprint density at radius 1 is 0.932 bits per heavy atom. The highest BCUT2D eigenvalue weighted by molar-refractivity contribution is 5.91. The third-order valence-corrected chi connectivity index (χ3v) is 14.8. The van der Waals surface area contributed by atoms with E-state index in [0.717, 1.165) is 69.8 Å². The Morgan fingerprint density at radius 3 is 2.25 bits per heavy atom. The molecule has 0 aliphatic heterocycles. The Bertz CT molecular complexity index is 1220. The zero-order valence-corrected chi connectivity index (χ0v) is 29.5. The molecule has 0 radical (unpaired) electrons. The Hall–Kier alpha value is -1.43. The summed E-state index contributed by atoms with van der Waals surface area (Å²) < 4.78 is 12.0. The fraction of sp³-hybridized carbons (Fsp3) is 0.821. The van der Waals surface area contributed by atoms with Crippen molar-refractivity contribution in [2.75, 3.05) is 7.11 Å². The van der Waals surface area contributed by atoms with E-state index >= 15 is 0 Å². The summed E-state index contributed by atoms with van der Waals surface area (Å²) in [5.41, 5.74) is 0.584. The Morgan fingerprint density at radius 2 is 1.59 bits per heavy atom. The van der Waals surface area contributed by atoms with Gasteiger partial charge in [0.15, 0.2) is 0 Å². The summed E-state index contributed by atoms with van der Waals surface area (Å²) in [5.74, 6) is 0.804. The molecule has 2 N–H and O–H groups in total. The van der Waals surface area contributed by atoms with Gasteiger partial charge in [0.05, 0.1) is 22.9 Å². The van der Waals surface area contributed by atoms with Crippen LogP contribution >= 0.6 is 0 Å². The second kappa shape index (κ2) is 11.4. The predicted molar refractivity (Wildman–Crippen MR) is 176 cm³/mol. The van der Waals surface area contributed by atoms with E-state index < -0.39 is 11.7 Å². The molecule has 1 aromatic rings. The number of carbonyl (C=O) groups excluding carboxylic acids is 1. The van der Waals surface area contributed by atoms with Gasteiger partial charge in [-0.3, -0.25) is 0 Å². The van der Waals surface area contributed by atoms with E-state index in [4.69, 9.17) is 9.47 Å². The quantitative estimate of drug-likeness (QED) is 0.289. The molecule has 0 amide bonds. The summed E-state index contributed by atoms with van der Waals surface area (Å²) in [6.07, 6.45) is 8.96. The largest absolute Gasteiger partial charge is 0.458 e. The lowest BCUT2D eigenvalue weighted by Crippen LogP contribution is -2.66. The van der Waals surface area contributed by atoms with Crippen molar-refractivity contribution >= 4 is 5.97 Å². The summed E-state index contributed by atoms with van der Waals surface area (Å²) in [5, 5.41) is 24.0. The molecule has 0 bridgehead atoms. The fourth-order valence-corrected chi connectivity index (χ4v) is 11.8. The van der Waals surface area contributed by atoms with E-state index in [2.05, 4.69) is 48.5 Å². The SMILES string of the molecule is COC(C)(C)CCC[C@@](C)(O)[C@H]1CC[C@]2(C)[C@@H]1[C@H](O)C[C@@H]1[C@@]3(C)CC[C@H](OC(=O)c4ccccc4C)C(C)(C)[C@@H]3CC[C@]12C. The lowest BCUT2D eigenvalue weighted by atomic mass is 9.35. The molecule has 4 aliphatic carbocycles. The summed E-state index contributed by atoms with van der Waals surface area (Å²) in [4.78, 5) is 13.3. The maximum Gasteiger partial charge on any atom is 0.338 e. The Balaban J connectivity index is 1.36. The zero-order valence-electron chi connectivity index (χ0n) is 29.5. The van der Waals surface area contributed by atoms with Crippen LogP contribution in [-0.2, 0) is 9.47 Å². The average Bonchev–Trinajstić information content (AvgIpc) is 3.32. The minimum Gasteiger partial charge on any atom is -0.458 e. The first-order chi connectivity index (χ1) is 20.3. The van der Waals surface area contributed by atoms with E-state index in [1.54, 1.807) is 7.11 Å². The number of rotatable bonds is 8. The molecule has 4 saturated carbocycles. The smallest absolute Gasteiger partial charge is 0.338 e. The second-order valence-corrected chi connectivity index (χ2v) is 17.7. The molecule has 0 aromatic heterocycles. The fourth-order valence-electron chi connectivity index (χ4n) is 11.8. The number of hydrogen-bond donors (Lipinski definition) is 2. The molecule has 5 rings (SSSR count). The topological polar surface area (TPSA) is 76.0 Å². The lowest BCUT2D eigenvalue weighted by Gasteiger charge is -2.70. The first-order valence-electron chi connectivity index (χ1n) is 17.6. The molecular weight excluding hydrogens is 548 g/mol. The molecule has 1 aromatic carbocycles. The van der Waals surface area contributed by atoms with E-state index in [1.807, 2.05) is 38.1 Å². The Labute approximate surface area is 267 Å². The van der Waals surface area contributed by atoms with Crippen LogP contribution in [0.15, 0.2) is 24.3 Å². The van der Waals surface area contributed by atoms with Gasteiger partial charge in [0.25, 0.3) is 0 Å². The summed E-state index contributed by atoms with van der Waals surface area (Å²) in [6.45, 7) is 20.4. The van der Waals surface area contributed by atoms with Gasteiger partial charge in [-0.25, -0.2) is 4.79 Å². The van der Waals surface area contributed by atoms with Gasteiger partial charge >= 0.3 is 5.97 Å². The molecule has 0 spiro atoms. The van der Waals surface area contributed by atoms with Crippen molar-refractivity contribution in [2.45, 2.75) is 150 Å². The maximum atomic E-state index is 13.3. The van der Waals surface area contributed by atoms with Gasteiger partial charge in [0.2, 0.25) is 0 Å². The molecule has 4 aliphatic rings. The number of fused-ring (bicyclic) bond motifs is 5. The third-order valence-electron chi connectivity index (χ3n) is 14.8. The van der Waals surface area contributed by atoms with Crippen molar-refractivity contribution < 1.29 is 24.5 Å². The molecule has 4 fully saturated rings. The Kier molecular flexibility index (Phi) is 8.77. The minimum absolute atomic E-state index is 0.0257. The van der Waals surface area contributed by atoms with Crippen LogP contribution in [0.4, 0.5) is 0 Å². The number of aliphatic hydroxyl groups is 2. The second-order valence-electron chi connectivity index (χ2n) is 17.7. The van der Waals surface area contributed by atoms with E-state index in [1.165, 1.54) is 0 Å². The number of esters is 1. The van der Waals surface area contributed by atoms with Crippen molar-refractivity contribution in [3.8, 4) is 0 Å². The van der Waals surface area contributed by atoms with Crippen LogP contribution in [0.5, 0.6) is 0 Å². The van der Waals surface area contributed by atoms with Crippen LogP contribution in [0.3, 0.4) is 0 Å². The number of carbonyl (C=O) groups is 1. The van der Waals surface area contributed by atoms with Gasteiger partial charge < -0.3 is 19.7 Å². The molecule has 0 heterocycles. The van der Waals surface area contributed by atoms with Crippen molar-refractivity contribution in [2.24, 2.45) is 45.3 Å². The van der Waals surface area contributed by atoms with Gasteiger partial charge in [0.1, 0.15) is 6.10 Å². The first kappa shape index (κ1) is 33.9. The highest BCUT2D eigenvalue weighted by atomic mass is 16.5. The summed E-state index contributed by atoms with van der Waals surface area (Å²) in [7, 11) is 1.76.